The van der Waals surface area contributed by atoms with Crippen LogP contribution in [0, 0.1) is 0 Å². The third-order valence-corrected chi connectivity index (χ3v) is 9.05. The van der Waals surface area contributed by atoms with E-state index in [9.17, 15) is 9.13 Å². The molecule has 0 radical (unpaired) electrons. The molecule has 172 valence electrons. The van der Waals surface area contributed by atoms with Gasteiger partial charge >= 0.3 is 15.2 Å². The molecule has 0 bridgehead atoms. The normalized spacial score (nSPS) is 14.3. The van der Waals surface area contributed by atoms with Gasteiger partial charge in [0.15, 0.2) is 0 Å². The fraction of sp³-hybridized carbons (Fsp3) is 0.455. The van der Waals surface area contributed by atoms with Crippen LogP contribution in [0.15, 0.2) is 60.7 Å². The van der Waals surface area contributed by atoms with Crippen molar-refractivity contribution in [3.63, 3.8) is 0 Å². The summed E-state index contributed by atoms with van der Waals surface area (Å²) in [5.74, 6) is -1.76. The monoisotopic (exact) mass is 469 g/mol. The average molecular weight is 469 g/mol. The van der Waals surface area contributed by atoms with Gasteiger partial charge in [-0.25, -0.2) is 0 Å². The third-order valence-electron chi connectivity index (χ3n) is 4.41. The smallest absolute Gasteiger partial charge is 0.308 e. The maximum absolute atomic E-state index is 13.8. The van der Waals surface area contributed by atoms with E-state index in [1.807, 2.05) is 60.7 Å². The molecule has 0 amide bonds. The minimum Gasteiger partial charge on any atom is -0.308 e. The Hall–Kier alpha value is -1.30. The van der Waals surface area contributed by atoms with Gasteiger partial charge in [-0.3, -0.25) is 14.4 Å². The summed E-state index contributed by atoms with van der Waals surface area (Å²) >= 11 is 0. The summed E-state index contributed by atoms with van der Waals surface area (Å²) in [5.41, 5.74) is 1.38. The van der Waals surface area contributed by atoms with Gasteiger partial charge in [-0.2, -0.15) is 0 Å². The second-order valence-corrected chi connectivity index (χ2v) is 10.8. The first kappa shape index (κ1) is 26.0. The molecule has 0 spiro atoms. The van der Waals surface area contributed by atoms with Gasteiger partial charge in [0.2, 0.25) is 0 Å². The molecule has 0 heterocycles. The lowest BCUT2D eigenvalue weighted by atomic mass is 10.2. The Morgan fingerprint density at radius 1 is 0.613 bits per heavy atom. The standard InChI is InChI=1S/C22H33NO6P2/c1-5-26-30(24,27-6-2)21(19-15-11-9-12-16-19)23-22(20-17-13-10-14-18-20)31(25,28-7-3)29-8-4/h9-18,21-23H,5-8H2,1-4H3/t21-,22+. The summed E-state index contributed by atoms with van der Waals surface area (Å²) in [6, 6.07) is 18.4. The quantitative estimate of drug-likeness (QED) is 0.316. The van der Waals surface area contributed by atoms with Gasteiger partial charge in [-0.1, -0.05) is 60.7 Å². The van der Waals surface area contributed by atoms with Gasteiger partial charge in [0, 0.05) is 0 Å². The predicted octanol–water partition coefficient (Wildman–Crippen LogP) is 6.51. The Kier molecular flexibility index (Phi) is 10.6. The summed E-state index contributed by atoms with van der Waals surface area (Å²) in [6.07, 6.45) is 0. The van der Waals surface area contributed by atoms with Gasteiger partial charge in [0.05, 0.1) is 26.4 Å². The van der Waals surface area contributed by atoms with Gasteiger partial charge in [0.25, 0.3) is 0 Å². The van der Waals surface area contributed by atoms with Crippen molar-refractivity contribution in [3.8, 4) is 0 Å². The molecule has 7 nitrogen and oxygen atoms in total. The van der Waals surface area contributed by atoms with Crippen LogP contribution in [0.1, 0.15) is 50.4 Å². The average Bonchev–Trinajstić information content (AvgIpc) is 2.76. The highest BCUT2D eigenvalue weighted by atomic mass is 31.2. The largest absolute Gasteiger partial charge is 0.351 e. The number of hydrogen-bond acceptors (Lipinski definition) is 7. The minimum atomic E-state index is -3.68. The molecule has 0 unspecified atom stereocenters. The number of rotatable bonds is 14. The maximum atomic E-state index is 13.8. The molecule has 0 saturated carbocycles. The van der Waals surface area contributed by atoms with Crippen molar-refractivity contribution in [2.24, 2.45) is 0 Å². The van der Waals surface area contributed by atoms with Crippen LogP contribution in [0.4, 0.5) is 0 Å². The van der Waals surface area contributed by atoms with E-state index in [4.69, 9.17) is 18.1 Å². The zero-order chi connectivity index (χ0) is 22.7. The molecule has 2 atom stereocenters. The fourth-order valence-electron chi connectivity index (χ4n) is 3.25. The van der Waals surface area contributed by atoms with Crippen molar-refractivity contribution in [1.82, 2.24) is 5.32 Å². The van der Waals surface area contributed by atoms with Crippen molar-refractivity contribution in [1.29, 1.82) is 0 Å². The summed E-state index contributed by atoms with van der Waals surface area (Å²) in [5, 5.41) is 3.28. The topological polar surface area (TPSA) is 83.1 Å². The highest BCUT2D eigenvalue weighted by molar-refractivity contribution is 7.55. The lowest BCUT2D eigenvalue weighted by Gasteiger charge is -2.34. The van der Waals surface area contributed by atoms with Crippen LogP contribution < -0.4 is 5.32 Å². The molecule has 2 rings (SSSR count). The fourth-order valence-corrected chi connectivity index (χ4v) is 7.29. The van der Waals surface area contributed by atoms with E-state index in [1.54, 1.807) is 27.7 Å². The molecular formula is C22H33NO6P2. The molecule has 0 aliphatic carbocycles. The van der Waals surface area contributed by atoms with Crippen molar-refractivity contribution in [2.75, 3.05) is 26.4 Å². The zero-order valence-corrected chi connectivity index (χ0v) is 20.4. The van der Waals surface area contributed by atoms with E-state index in [0.29, 0.717) is 11.1 Å². The molecule has 0 fully saturated rings. The Labute approximate surface area is 185 Å². The summed E-state index contributed by atoms with van der Waals surface area (Å²) < 4.78 is 50.3. The molecule has 0 aliphatic rings. The zero-order valence-electron chi connectivity index (χ0n) is 18.6. The Morgan fingerprint density at radius 3 is 1.16 bits per heavy atom. The second kappa shape index (κ2) is 12.7. The van der Waals surface area contributed by atoms with Gasteiger partial charge < -0.3 is 18.1 Å². The molecule has 2 aromatic rings. The lowest BCUT2D eigenvalue weighted by Crippen LogP contribution is -2.29. The lowest BCUT2D eigenvalue weighted by molar-refractivity contribution is 0.196. The van der Waals surface area contributed by atoms with E-state index < -0.39 is 26.8 Å². The molecule has 2 aromatic carbocycles. The van der Waals surface area contributed by atoms with Gasteiger partial charge in [0.1, 0.15) is 11.6 Å². The maximum Gasteiger partial charge on any atom is 0.351 e. The first-order chi connectivity index (χ1) is 14.9. The van der Waals surface area contributed by atoms with Crippen LogP contribution in [0.5, 0.6) is 0 Å². The first-order valence-electron chi connectivity index (χ1n) is 10.6. The highest BCUT2D eigenvalue weighted by Crippen LogP contribution is 2.65. The van der Waals surface area contributed by atoms with Crippen LogP contribution >= 0.6 is 15.2 Å². The summed E-state index contributed by atoms with van der Waals surface area (Å²) in [4.78, 5) is 0. The molecule has 0 aromatic heterocycles. The Balaban J connectivity index is 2.61. The predicted molar refractivity (Wildman–Crippen MR) is 123 cm³/mol. The summed E-state index contributed by atoms with van der Waals surface area (Å²) in [6.45, 7) is 7.84. The first-order valence-corrected chi connectivity index (χ1v) is 13.8. The molecule has 1 N–H and O–H groups in total. The molecular weight excluding hydrogens is 436 g/mol. The highest BCUT2D eigenvalue weighted by Gasteiger charge is 2.44. The Morgan fingerprint density at radius 2 is 0.903 bits per heavy atom. The number of nitrogens with one attached hydrogen (secondary N) is 1. The Bertz CT molecular complexity index is 773. The van der Waals surface area contributed by atoms with Crippen LogP contribution in [0.25, 0.3) is 0 Å². The van der Waals surface area contributed by atoms with Gasteiger partial charge in [-0.05, 0) is 38.8 Å². The summed E-state index contributed by atoms with van der Waals surface area (Å²) in [7, 11) is -7.35. The molecule has 0 aliphatic heterocycles. The van der Waals surface area contributed by atoms with Crippen LogP contribution in [0.2, 0.25) is 0 Å². The van der Waals surface area contributed by atoms with Crippen LogP contribution in [0.3, 0.4) is 0 Å². The van der Waals surface area contributed by atoms with Crippen molar-refractivity contribution < 1.29 is 27.2 Å². The van der Waals surface area contributed by atoms with E-state index in [0.717, 1.165) is 0 Å². The van der Waals surface area contributed by atoms with Gasteiger partial charge in [-0.15, -0.1) is 0 Å². The third kappa shape index (κ3) is 6.84. The van der Waals surface area contributed by atoms with Crippen molar-refractivity contribution >= 4 is 15.2 Å². The van der Waals surface area contributed by atoms with Crippen molar-refractivity contribution in [3.05, 3.63) is 71.8 Å². The molecule has 9 heteroatoms. The SMILES string of the molecule is CCOP(=O)(OCC)[C@H](N[C@@H](c1ccccc1)P(=O)(OCC)OCC)c1ccccc1. The minimum absolute atomic E-state index is 0.201. The number of benzene rings is 2. The van der Waals surface area contributed by atoms with E-state index in [2.05, 4.69) is 5.32 Å². The van der Waals surface area contributed by atoms with Crippen molar-refractivity contribution in [2.45, 2.75) is 39.3 Å². The van der Waals surface area contributed by atoms with E-state index >= 15 is 0 Å². The van der Waals surface area contributed by atoms with E-state index in [-0.39, 0.29) is 26.4 Å². The van der Waals surface area contributed by atoms with Crippen LogP contribution in [-0.4, -0.2) is 26.4 Å². The molecule has 0 saturated heterocycles. The number of hydrogen-bond donors (Lipinski definition) is 1. The van der Waals surface area contributed by atoms with Crippen LogP contribution in [-0.2, 0) is 27.2 Å². The molecule has 31 heavy (non-hydrogen) atoms. The second-order valence-electron chi connectivity index (χ2n) is 6.54. The van der Waals surface area contributed by atoms with E-state index in [1.165, 1.54) is 0 Å².